The molecule has 11 heteroatoms. The monoisotopic (exact) mass is 518 g/mol. The topological polar surface area (TPSA) is 115 Å². The van der Waals surface area contributed by atoms with Crippen molar-refractivity contribution in [3.05, 3.63) is 71.4 Å². The van der Waals surface area contributed by atoms with Gasteiger partial charge >= 0.3 is 0 Å². The van der Waals surface area contributed by atoms with Crippen LogP contribution in [0.2, 0.25) is 0 Å². The van der Waals surface area contributed by atoms with Crippen molar-refractivity contribution >= 4 is 21.4 Å². The van der Waals surface area contributed by atoms with Crippen LogP contribution in [0, 0.1) is 23.4 Å². The standard InChI is InChI=1S/C25H25F3N4O3S/c1-13-7-14(9-15(29)8-13)17-5-6-30-12-22(17)32-25(33)21-4-3-18(26)24(31-21)23-19(27)10-16(11-20(23)28)36(2,34)35/h3-6,10-15H,7-9,29H2,1-2H3,(H,32,33). The number of nitrogens with two attached hydrogens (primary N) is 1. The molecule has 190 valence electrons. The lowest BCUT2D eigenvalue weighted by Gasteiger charge is -2.32. The SMILES string of the molecule is CC1CC(N)CC(c2ccncc2NC(=O)c2ccc(F)c(-c3c(F)cc(S(C)(=O)=O)cc3F)n2)C1. The summed E-state index contributed by atoms with van der Waals surface area (Å²) in [5.74, 6) is -3.93. The minimum absolute atomic E-state index is 0.0377. The fraction of sp³-hybridized carbons (Fsp3) is 0.320. The maximum Gasteiger partial charge on any atom is 0.274 e. The number of amides is 1. The minimum atomic E-state index is -3.91. The number of pyridine rings is 2. The molecule has 0 spiro atoms. The summed E-state index contributed by atoms with van der Waals surface area (Å²) >= 11 is 0. The van der Waals surface area contributed by atoms with E-state index in [2.05, 4.69) is 22.2 Å². The fourth-order valence-electron chi connectivity index (χ4n) is 4.70. The summed E-state index contributed by atoms with van der Waals surface area (Å²) in [4.78, 5) is 20.4. The number of sulfone groups is 1. The normalized spacial score (nSPS) is 20.2. The number of rotatable bonds is 5. The van der Waals surface area contributed by atoms with E-state index < -0.39 is 49.3 Å². The van der Waals surface area contributed by atoms with Crippen LogP contribution in [-0.2, 0) is 9.84 Å². The maximum atomic E-state index is 14.7. The summed E-state index contributed by atoms with van der Waals surface area (Å²) in [6.45, 7) is 2.12. The predicted molar refractivity (Wildman–Crippen MR) is 129 cm³/mol. The molecule has 1 aliphatic rings. The second kappa shape index (κ2) is 9.98. The van der Waals surface area contributed by atoms with Gasteiger partial charge in [-0.15, -0.1) is 0 Å². The van der Waals surface area contributed by atoms with Gasteiger partial charge in [-0.1, -0.05) is 6.92 Å². The van der Waals surface area contributed by atoms with Crippen LogP contribution < -0.4 is 11.1 Å². The van der Waals surface area contributed by atoms with Gasteiger partial charge in [0.25, 0.3) is 5.91 Å². The Morgan fingerprint density at radius 2 is 1.75 bits per heavy atom. The average Bonchev–Trinajstić information content (AvgIpc) is 2.78. The van der Waals surface area contributed by atoms with Gasteiger partial charge in [-0.3, -0.25) is 9.78 Å². The molecule has 0 aliphatic heterocycles. The molecule has 3 atom stereocenters. The van der Waals surface area contributed by atoms with Crippen LogP contribution in [0.3, 0.4) is 0 Å². The Morgan fingerprint density at radius 3 is 2.39 bits per heavy atom. The van der Waals surface area contributed by atoms with Crippen LogP contribution in [0.25, 0.3) is 11.3 Å². The van der Waals surface area contributed by atoms with Crippen molar-refractivity contribution in [2.75, 3.05) is 11.6 Å². The summed E-state index contributed by atoms with van der Waals surface area (Å²) in [7, 11) is -3.91. The number of hydrogen-bond acceptors (Lipinski definition) is 6. The molecule has 2 aromatic heterocycles. The Morgan fingerprint density at radius 1 is 1.06 bits per heavy atom. The Bertz CT molecular complexity index is 1400. The van der Waals surface area contributed by atoms with E-state index in [0.29, 0.717) is 23.7 Å². The number of benzene rings is 1. The molecule has 1 aromatic carbocycles. The third-order valence-corrected chi connectivity index (χ3v) is 7.37. The van der Waals surface area contributed by atoms with E-state index in [1.807, 2.05) is 6.07 Å². The van der Waals surface area contributed by atoms with E-state index in [1.165, 1.54) is 6.20 Å². The van der Waals surface area contributed by atoms with Crippen molar-refractivity contribution in [1.29, 1.82) is 0 Å². The van der Waals surface area contributed by atoms with Gasteiger partial charge in [0.2, 0.25) is 0 Å². The van der Waals surface area contributed by atoms with Crippen LogP contribution in [0.1, 0.15) is 48.2 Å². The maximum absolute atomic E-state index is 14.7. The lowest BCUT2D eigenvalue weighted by molar-refractivity contribution is 0.102. The van der Waals surface area contributed by atoms with Crippen LogP contribution in [0.5, 0.6) is 0 Å². The first kappa shape index (κ1) is 25.8. The molecule has 3 N–H and O–H groups in total. The molecule has 2 heterocycles. The second-order valence-electron chi connectivity index (χ2n) is 9.25. The molecule has 7 nitrogen and oxygen atoms in total. The molecule has 1 aliphatic carbocycles. The van der Waals surface area contributed by atoms with Gasteiger partial charge in [0.1, 0.15) is 28.8 Å². The number of halogens is 3. The van der Waals surface area contributed by atoms with Gasteiger partial charge in [0, 0.05) is 18.5 Å². The molecule has 1 fully saturated rings. The zero-order chi connectivity index (χ0) is 26.2. The lowest BCUT2D eigenvalue weighted by Crippen LogP contribution is -2.31. The molecule has 1 amide bonds. The van der Waals surface area contributed by atoms with Crippen molar-refractivity contribution in [2.45, 2.75) is 43.0 Å². The number of hydrogen-bond donors (Lipinski definition) is 2. The molecule has 4 rings (SSSR count). The molecular formula is C25H25F3N4O3S. The van der Waals surface area contributed by atoms with Gasteiger partial charge in [-0.2, -0.15) is 0 Å². The molecule has 3 unspecified atom stereocenters. The molecule has 36 heavy (non-hydrogen) atoms. The van der Waals surface area contributed by atoms with E-state index >= 15 is 0 Å². The van der Waals surface area contributed by atoms with Crippen LogP contribution >= 0.6 is 0 Å². The minimum Gasteiger partial charge on any atom is -0.328 e. The molecule has 0 bridgehead atoms. The van der Waals surface area contributed by atoms with Gasteiger partial charge in [0.05, 0.1) is 22.3 Å². The largest absolute Gasteiger partial charge is 0.328 e. The number of anilines is 1. The van der Waals surface area contributed by atoms with Crippen molar-refractivity contribution in [1.82, 2.24) is 9.97 Å². The third-order valence-electron chi connectivity index (χ3n) is 6.28. The fourth-order valence-corrected chi connectivity index (χ4v) is 5.33. The van der Waals surface area contributed by atoms with Crippen molar-refractivity contribution in [3.8, 4) is 11.3 Å². The highest BCUT2D eigenvalue weighted by atomic mass is 32.2. The highest BCUT2D eigenvalue weighted by molar-refractivity contribution is 7.90. The van der Waals surface area contributed by atoms with Gasteiger partial charge in [-0.05, 0) is 67.0 Å². The van der Waals surface area contributed by atoms with E-state index in [4.69, 9.17) is 5.73 Å². The summed E-state index contributed by atoms with van der Waals surface area (Å²) in [6, 6.07) is 4.97. The summed E-state index contributed by atoms with van der Waals surface area (Å²) < 4.78 is 67.2. The van der Waals surface area contributed by atoms with Gasteiger partial charge < -0.3 is 11.1 Å². The molecule has 3 aromatic rings. The summed E-state index contributed by atoms with van der Waals surface area (Å²) in [5, 5.41) is 2.72. The smallest absolute Gasteiger partial charge is 0.274 e. The van der Waals surface area contributed by atoms with E-state index in [1.54, 1.807) is 6.20 Å². The van der Waals surface area contributed by atoms with Gasteiger partial charge in [0.15, 0.2) is 9.84 Å². The molecule has 1 saturated carbocycles. The Balaban J connectivity index is 1.66. The first-order valence-electron chi connectivity index (χ1n) is 11.3. The highest BCUT2D eigenvalue weighted by Crippen LogP contribution is 2.38. The quantitative estimate of drug-likeness (QED) is 0.516. The van der Waals surface area contributed by atoms with Crippen LogP contribution in [-0.4, -0.2) is 36.6 Å². The Kier molecular flexibility index (Phi) is 7.14. The first-order valence-corrected chi connectivity index (χ1v) is 13.2. The van der Waals surface area contributed by atoms with Crippen LogP contribution in [0.4, 0.5) is 18.9 Å². The number of nitrogens with zero attached hydrogens (tertiary/aromatic N) is 2. The average molecular weight is 519 g/mol. The Labute approximate surface area is 206 Å². The second-order valence-corrected chi connectivity index (χ2v) is 11.3. The number of aromatic nitrogens is 2. The van der Waals surface area contributed by atoms with Crippen molar-refractivity contribution < 1.29 is 26.4 Å². The predicted octanol–water partition coefficient (Wildman–Crippen LogP) is 4.45. The molecule has 0 radical (unpaired) electrons. The lowest BCUT2D eigenvalue weighted by atomic mass is 9.76. The molecule has 0 saturated heterocycles. The summed E-state index contributed by atoms with van der Waals surface area (Å²) in [6.07, 6.45) is 6.46. The number of carbonyl (C=O) groups is 1. The zero-order valence-electron chi connectivity index (χ0n) is 19.6. The van der Waals surface area contributed by atoms with Gasteiger partial charge in [-0.25, -0.2) is 26.6 Å². The van der Waals surface area contributed by atoms with E-state index in [0.717, 1.165) is 43.2 Å². The van der Waals surface area contributed by atoms with E-state index in [-0.39, 0.29) is 17.7 Å². The third kappa shape index (κ3) is 5.41. The van der Waals surface area contributed by atoms with Crippen LogP contribution in [0.15, 0.2) is 47.6 Å². The number of nitrogens with one attached hydrogen (secondary N) is 1. The first-order chi connectivity index (χ1) is 16.9. The zero-order valence-corrected chi connectivity index (χ0v) is 20.4. The highest BCUT2D eigenvalue weighted by Gasteiger charge is 2.28. The van der Waals surface area contributed by atoms with Crippen molar-refractivity contribution in [3.63, 3.8) is 0 Å². The molecular weight excluding hydrogens is 493 g/mol. The van der Waals surface area contributed by atoms with Crippen molar-refractivity contribution in [2.24, 2.45) is 11.7 Å². The summed E-state index contributed by atoms with van der Waals surface area (Å²) in [5.41, 5.74) is 5.58. The van der Waals surface area contributed by atoms with E-state index in [9.17, 15) is 26.4 Å². The Hall–Kier alpha value is -3.31. The number of carbonyl (C=O) groups excluding carboxylic acids is 1.